The van der Waals surface area contributed by atoms with E-state index in [0.29, 0.717) is 12.4 Å². The number of amides is 1. The number of pyridine rings is 1. The molecule has 1 atom stereocenters. The monoisotopic (exact) mass is 372 g/mol. The van der Waals surface area contributed by atoms with E-state index >= 15 is 0 Å². The number of ether oxygens (including phenoxy) is 1. The molecule has 2 N–H and O–H groups in total. The molecule has 1 unspecified atom stereocenters. The number of carboxylic acid groups (broad SMARTS) is 1. The molecule has 1 aliphatic rings. The minimum atomic E-state index is -1.02. The lowest BCUT2D eigenvalue weighted by Crippen LogP contribution is -2.51. The van der Waals surface area contributed by atoms with Gasteiger partial charge in [0.05, 0.1) is 12.8 Å². The average molecular weight is 372 g/mol. The van der Waals surface area contributed by atoms with Crippen molar-refractivity contribution < 1.29 is 19.0 Å². The number of aromatic nitrogens is 1. The smallest absolute Gasteiger partial charge is 0.404 e. The summed E-state index contributed by atoms with van der Waals surface area (Å²) in [4.78, 5) is 15.4. The van der Waals surface area contributed by atoms with E-state index < -0.39 is 6.09 Å². The third-order valence-electron chi connectivity index (χ3n) is 5.04. The van der Waals surface area contributed by atoms with E-state index in [0.717, 1.165) is 24.0 Å². The molecular formula is C21H25FN2O3. The zero-order valence-electron chi connectivity index (χ0n) is 15.8. The fourth-order valence-electron chi connectivity index (χ4n) is 3.64. The van der Waals surface area contributed by atoms with Crippen molar-refractivity contribution >= 4 is 6.09 Å². The number of hydrogen-bond acceptors (Lipinski definition) is 3. The maximum absolute atomic E-state index is 13.5. The first-order chi connectivity index (χ1) is 12.7. The van der Waals surface area contributed by atoms with Crippen molar-refractivity contribution in [3.05, 3.63) is 48.5 Å². The number of rotatable bonds is 6. The molecule has 1 saturated carbocycles. The Morgan fingerprint density at radius 3 is 2.63 bits per heavy atom. The van der Waals surface area contributed by atoms with Gasteiger partial charge in [-0.3, -0.25) is 4.98 Å². The largest absolute Gasteiger partial charge is 0.491 e. The molecule has 1 aromatic heterocycles. The lowest BCUT2D eigenvalue weighted by atomic mass is 9.77. The summed E-state index contributed by atoms with van der Waals surface area (Å²) in [5.41, 5.74) is 1.06. The fraction of sp³-hybridized carbons (Fsp3) is 0.429. The van der Waals surface area contributed by atoms with Crippen molar-refractivity contribution in [2.75, 3.05) is 6.61 Å². The molecule has 0 bridgehead atoms. The van der Waals surface area contributed by atoms with Crippen LogP contribution in [0.3, 0.4) is 0 Å². The van der Waals surface area contributed by atoms with Crippen LogP contribution >= 0.6 is 0 Å². The second-order valence-electron chi connectivity index (χ2n) is 8.32. The Bertz CT molecular complexity index is 828. The molecule has 0 spiro atoms. The Kier molecular flexibility index (Phi) is 5.09. The van der Waals surface area contributed by atoms with Crippen LogP contribution in [-0.4, -0.2) is 28.8 Å². The molecule has 27 heavy (non-hydrogen) atoms. The van der Waals surface area contributed by atoms with Crippen molar-refractivity contribution in [2.24, 2.45) is 10.8 Å². The van der Waals surface area contributed by atoms with Crippen molar-refractivity contribution in [3.8, 4) is 16.9 Å². The highest BCUT2D eigenvalue weighted by Gasteiger charge is 2.54. The van der Waals surface area contributed by atoms with E-state index in [1.165, 1.54) is 12.1 Å². The SMILES string of the molecule is CC(C)(C)C(NC(=O)O)C1(COc2cncc(-c3cccc(F)c3)c2)CC1. The normalized spacial score (nSPS) is 16.4. The standard InChI is InChI=1S/C21H25FN2O3/c1-20(2,3)18(24-19(25)26)21(7-8-21)13-27-17-10-15(11-23-12-17)14-5-4-6-16(22)9-14/h4-6,9-12,18,24H,7-8,13H2,1-3H3,(H,25,26). The van der Waals surface area contributed by atoms with Crippen molar-refractivity contribution in [1.29, 1.82) is 0 Å². The van der Waals surface area contributed by atoms with E-state index in [-0.39, 0.29) is 22.7 Å². The van der Waals surface area contributed by atoms with Crippen molar-refractivity contribution in [3.63, 3.8) is 0 Å². The van der Waals surface area contributed by atoms with Gasteiger partial charge in [-0.1, -0.05) is 32.9 Å². The summed E-state index contributed by atoms with van der Waals surface area (Å²) in [6.07, 6.45) is 4.09. The van der Waals surface area contributed by atoms with Gasteiger partial charge >= 0.3 is 6.09 Å². The van der Waals surface area contributed by atoms with Crippen LogP contribution in [0.25, 0.3) is 11.1 Å². The quantitative estimate of drug-likeness (QED) is 0.769. The first kappa shape index (κ1) is 19.1. The second kappa shape index (κ2) is 7.18. The molecule has 1 amide bonds. The Balaban J connectivity index is 1.74. The maximum atomic E-state index is 13.5. The van der Waals surface area contributed by atoms with Gasteiger partial charge in [-0.2, -0.15) is 0 Å². The summed E-state index contributed by atoms with van der Waals surface area (Å²) in [5, 5.41) is 11.9. The van der Waals surface area contributed by atoms with Crippen LogP contribution in [0.1, 0.15) is 33.6 Å². The molecule has 0 aliphatic heterocycles. The highest BCUT2D eigenvalue weighted by Crippen LogP contribution is 2.53. The lowest BCUT2D eigenvalue weighted by molar-refractivity contribution is 0.111. The number of carbonyl (C=O) groups is 1. The molecule has 1 aromatic carbocycles. The van der Waals surface area contributed by atoms with Gasteiger partial charge in [-0.25, -0.2) is 9.18 Å². The first-order valence-corrected chi connectivity index (χ1v) is 9.03. The van der Waals surface area contributed by atoms with Crippen LogP contribution in [0.4, 0.5) is 9.18 Å². The molecule has 1 fully saturated rings. The maximum Gasteiger partial charge on any atom is 0.404 e. The van der Waals surface area contributed by atoms with Crippen molar-refractivity contribution in [1.82, 2.24) is 10.3 Å². The fourth-order valence-corrected chi connectivity index (χ4v) is 3.64. The van der Waals surface area contributed by atoms with Crippen LogP contribution in [0, 0.1) is 16.6 Å². The zero-order chi connectivity index (χ0) is 19.7. The number of hydrogen-bond donors (Lipinski definition) is 2. The van der Waals surface area contributed by atoms with Gasteiger partial charge in [-0.05, 0) is 42.0 Å². The molecule has 144 valence electrons. The Hall–Kier alpha value is -2.63. The summed E-state index contributed by atoms with van der Waals surface area (Å²) >= 11 is 0. The Morgan fingerprint density at radius 2 is 2.04 bits per heavy atom. The third-order valence-corrected chi connectivity index (χ3v) is 5.04. The van der Waals surface area contributed by atoms with Gasteiger partial charge in [0, 0.05) is 23.2 Å². The molecule has 1 heterocycles. The third kappa shape index (κ3) is 4.56. The predicted octanol–water partition coefficient (Wildman–Crippen LogP) is 4.73. The van der Waals surface area contributed by atoms with Gasteiger partial charge in [0.1, 0.15) is 11.6 Å². The molecule has 2 aromatic rings. The molecule has 5 nitrogen and oxygen atoms in total. The van der Waals surface area contributed by atoms with Crippen molar-refractivity contribution in [2.45, 2.75) is 39.7 Å². The van der Waals surface area contributed by atoms with Gasteiger partial charge in [0.2, 0.25) is 0 Å². The minimum absolute atomic E-state index is 0.207. The molecule has 0 radical (unpaired) electrons. The van der Waals surface area contributed by atoms with Crippen LogP contribution in [0.2, 0.25) is 0 Å². The van der Waals surface area contributed by atoms with E-state index in [1.807, 2.05) is 32.9 Å². The second-order valence-corrected chi connectivity index (χ2v) is 8.32. The van der Waals surface area contributed by atoms with Crippen LogP contribution in [0.5, 0.6) is 5.75 Å². The summed E-state index contributed by atoms with van der Waals surface area (Å²) in [5.74, 6) is 0.287. The Morgan fingerprint density at radius 1 is 1.30 bits per heavy atom. The first-order valence-electron chi connectivity index (χ1n) is 9.03. The van der Waals surface area contributed by atoms with Crippen LogP contribution in [-0.2, 0) is 0 Å². The highest BCUT2D eigenvalue weighted by atomic mass is 19.1. The number of nitrogens with zero attached hydrogens (tertiary/aromatic N) is 1. The molecular weight excluding hydrogens is 347 g/mol. The van der Waals surface area contributed by atoms with E-state index in [1.54, 1.807) is 18.5 Å². The number of halogens is 1. The molecule has 1 aliphatic carbocycles. The summed E-state index contributed by atoms with van der Waals surface area (Å²) in [7, 11) is 0. The molecule has 6 heteroatoms. The molecule has 3 rings (SSSR count). The topological polar surface area (TPSA) is 71.5 Å². The molecule has 0 saturated heterocycles. The van der Waals surface area contributed by atoms with Gasteiger partial charge in [0.25, 0.3) is 0 Å². The minimum Gasteiger partial charge on any atom is -0.491 e. The number of nitrogens with one attached hydrogen (secondary N) is 1. The summed E-state index contributed by atoms with van der Waals surface area (Å²) in [6, 6.07) is 7.95. The summed E-state index contributed by atoms with van der Waals surface area (Å²) in [6.45, 7) is 6.49. The Labute approximate surface area is 158 Å². The lowest BCUT2D eigenvalue weighted by Gasteiger charge is -2.37. The highest BCUT2D eigenvalue weighted by molar-refractivity contribution is 5.65. The van der Waals surface area contributed by atoms with Gasteiger partial charge < -0.3 is 15.2 Å². The number of benzene rings is 1. The van der Waals surface area contributed by atoms with Crippen LogP contribution < -0.4 is 10.1 Å². The predicted molar refractivity (Wildman–Crippen MR) is 101 cm³/mol. The van der Waals surface area contributed by atoms with E-state index in [2.05, 4.69) is 10.3 Å². The summed E-state index contributed by atoms with van der Waals surface area (Å²) < 4.78 is 19.5. The van der Waals surface area contributed by atoms with Gasteiger partial charge in [-0.15, -0.1) is 0 Å². The van der Waals surface area contributed by atoms with Gasteiger partial charge in [0.15, 0.2) is 0 Å². The van der Waals surface area contributed by atoms with E-state index in [9.17, 15) is 14.3 Å². The van der Waals surface area contributed by atoms with E-state index in [4.69, 9.17) is 4.74 Å². The van der Waals surface area contributed by atoms with Crippen LogP contribution in [0.15, 0.2) is 42.7 Å². The zero-order valence-corrected chi connectivity index (χ0v) is 15.8. The average Bonchev–Trinajstić information content (AvgIpc) is 3.38.